The number of rotatable bonds is 9. The normalized spacial score (nSPS) is 33.9. The van der Waals surface area contributed by atoms with Gasteiger partial charge in [-0.1, -0.05) is 6.92 Å². The highest BCUT2D eigenvalue weighted by atomic mass is 16.6. The Hall–Kier alpha value is -1.65. The molecule has 1 aromatic heterocycles. The lowest BCUT2D eigenvalue weighted by molar-refractivity contribution is -0.170. The fourth-order valence-corrected chi connectivity index (χ4v) is 3.85. The molecule has 0 bridgehead atoms. The Balaban J connectivity index is 1.46. The molecule has 2 fully saturated rings. The Morgan fingerprint density at radius 3 is 2.62 bits per heavy atom. The molecule has 9 heteroatoms. The molecule has 2 aliphatic rings. The van der Waals surface area contributed by atoms with E-state index >= 15 is 0 Å². The van der Waals surface area contributed by atoms with Crippen LogP contribution in [0.15, 0.2) is 12.4 Å². The molecule has 29 heavy (non-hydrogen) atoms. The Kier molecular flexibility index (Phi) is 6.85. The van der Waals surface area contributed by atoms with Gasteiger partial charge >= 0.3 is 0 Å². The number of aromatic nitrogens is 2. The number of carbonyl (C=O) groups is 2. The summed E-state index contributed by atoms with van der Waals surface area (Å²) in [6.07, 6.45) is -0.478. The van der Waals surface area contributed by atoms with Crippen LogP contribution in [-0.4, -0.2) is 79.9 Å². The molecule has 0 aliphatic carbocycles. The lowest BCUT2D eigenvalue weighted by atomic mass is 9.85. The van der Waals surface area contributed by atoms with E-state index in [1.54, 1.807) is 20.2 Å². The van der Waals surface area contributed by atoms with Crippen molar-refractivity contribution >= 4 is 11.6 Å². The van der Waals surface area contributed by atoms with Gasteiger partial charge in [-0.05, 0) is 6.92 Å². The molecule has 3 heterocycles. The standard InChI is InChI=1S/C20H30N2O7/c1-10(11(2)23)20-17(29-20)6-16-19(27)18(26)12(9-28-16)4-14(24)5-15(25)13-7-21-22(3)8-13/h7-8,10-12,16-20,23,26-27H,4-6,9H2,1-3H3/t10-,11-,12-,16-,17-,18+,19-,20-/m0/s1. The van der Waals surface area contributed by atoms with Crippen molar-refractivity contribution in [1.29, 1.82) is 0 Å². The van der Waals surface area contributed by atoms with Gasteiger partial charge in [0.05, 0.1) is 55.3 Å². The van der Waals surface area contributed by atoms with Gasteiger partial charge in [-0.15, -0.1) is 0 Å². The molecule has 0 radical (unpaired) electrons. The summed E-state index contributed by atoms with van der Waals surface area (Å²) in [4.78, 5) is 24.4. The molecule has 0 amide bonds. The van der Waals surface area contributed by atoms with Crippen LogP contribution in [0.4, 0.5) is 0 Å². The maximum Gasteiger partial charge on any atom is 0.173 e. The highest BCUT2D eigenvalue weighted by Crippen LogP contribution is 2.37. The number of Topliss-reactive ketones (excluding diaryl/α,β-unsaturated/α-hetero) is 2. The topological polar surface area (TPSA) is 134 Å². The summed E-state index contributed by atoms with van der Waals surface area (Å²) >= 11 is 0. The van der Waals surface area contributed by atoms with E-state index in [0.717, 1.165) is 0 Å². The predicted octanol–water partition coefficient (Wildman–Crippen LogP) is -0.137. The summed E-state index contributed by atoms with van der Waals surface area (Å²) in [5.41, 5.74) is 0.367. The minimum absolute atomic E-state index is 0.0200. The first-order chi connectivity index (χ1) is 13.7. The van der Waals surface area contributed by atoms with Gasteiger partial charge in [-0.25, -0.2) is 0 Å². The van der Waals surface area contributed by atoms with Crippen molar-refractivity contribution in [3.63, 3.8) is 0 Å². The van der Waals surface area contributed by atoms with E-state index in [9.17, 15) is 24.9 Å². The molecule has 2 aliphatic heterocycles. The van der Waals surface area contributed by atoms with E-state index in [2.05, 4.69) is 5.10 Å². The van der Waals surface area contributed by atoms with E-state index in [0.29, 0.717) is 12.0 Å². The molecule has 0 spiro atoms. The molecule has 3 rings (SSSR count). The smallest absolute Gasteiger partial charge is 0.173 e. The Bertz CT molecular complexity index is 734. The number of aryl methyl sites for hydroxylation is 1. The minimum atomic E-state index is -1.14. The number of ketones is 2. The van der Waals surface area contributed by atoms with E-state index in [1.807, 2.05) is 6.92 Å². The number of epoxide rings is 1. The third kappa shape index (κ3) is 5.29. The molecule has 1 aromatic rings. The zero-order valence-corrected chi connectivity index (χ0v) is 17.0. The van der Waals surface area contributed by atoms with Crippen molar-refractivity contribution in [2.24, 2.45) is 18.9 Å². The van der Waals surface area contributed by atoms with Crippen molar-refractivity contribution < 1.29 is 34.4 Å². The molecule has 162 valence electrons. The van der Waals surface area contributed by atoms with E-state index in [1.165, 1.54) is 10.9 Å². The second-order valence-corrected chi connectivity index (χ2v) is 8.33. The first kappa shape index (κ1) is 22.0. The van der Waals surface area contributed by atoms with Gasteiger partial charge in [0.2, 0.25) is 0 Å². The number of aliphatic hydroxyl groups is 3. The molecular formula is C20H30N2O7. The average Bonchev–Trinajstić information content (AvgIpc) is 3.29. The van der Waals surface area contributed by atoms with Gasteiger partial charge in [0.25, 0.3) is 0 Å². The lowest BCUT2D eigenvalue weighted by Gasteiger charge is -2.37. The maximum atomic E-state index is 12.3. The quantitative estimate of drug-likeness (QED) is 0.291. The zero-order chi connectivity index (χ0) is 21.3. The van der Waals surface area contributed by atoms with Gasteiger partial charge in [0.1, 0.15) is 11.9 Å². The van der Waals surface area contributed by atoms with Gasteiger partial charge in [0, 0.05) is 37.9 Å². The highest BCUT2D eigenvalue weighted by molar-refractivity contribution is 6.07. The van der Waals surface area contributed by atoms with E-state index in [4.69, 9.17) is 9.47 Å². The fourth-order valence-electron chi connectivity index (χ4n) is 3.85. The van der Waals surface area contributed by atoms with Crippen molar-refractivity contribution in [2.45, 2.75) is 69.7 Å². The monoisotopic (exact) mass is 410 g/mol. The van der Waals surface area contributed by atoms with Crippen LogP contribution in [0.3, 0.4) is 0 Å². The summed E-state index contributed by atoms with van der Waals surface area (Å²) in [5.74, 6) is -1.22. The van der Waals surface area contributed by atoms with Gasteiger partial charge in [-0.2, -0.15) is 5.10 Å². The van der Waals surface area contributed by atoms with Crippen LogP contribution < -0.4 is 0 Å². The molecule has 3 N–H and O–H groups in total. The van der Waals surface area contributed by atoms with Gasteiger partial charge in [0.15, 0.2) is 5.78 Å². The number of nitrogens with zero attached hydrogens (tertiary/aromatic N) is 2. The minimum Gasteiger partial charge on any atom is -0.393 e. The number of carbonyl (C=O) groups excluding carboxylic acids is 2. The van der Waals surface area contributed by atoms with Crippen LogP contribution >= 0.6 is 0 Å². The Labute approximate surface area is 169 Å². The molecule has 8 atom stereocenters. The number of aliphatic hydroxyl groups excluding tert-OH is 3. The summed E-state index contributed by atoms with van der Waals surface area (Å²) in [6, 6.07) is 0. The molecule has 0 saturated carbocycles. The molecule has 9 nitrogen and oxygen atoms in total. The van der Waals surface area contributed by atoms with Crippen LogP contribution in [-0.2, 0) is 21.3 Å². The zero-order valence-electron chi connectivity index (χ0n) is 17.0. The van der Waals surface area contributed by atoms with Crippen molar-refractivity contribution in [3.05, 3.63) is 18.0 Å². The van der Waals surface area contributed by atoms with Gasteiger partial charge < -0.3 is 24.8 Å². The van der Waals surface area contributed by atoms with Crippen molar-refractivity contribution in [3.8, 4) is 0 Å². The van der Waals surface area contributed by atoms with Crippen LogP contribution in [0, 0.1) is 11.8 Å². The maximum absolute atomic E-state index is 12.3. The number of ether oxygens (including phenoxy) is 2. The first-order valence-corrected chi connectivity index (χ1v) is 10.0. The second kappa shape index (κ2) is 9.01. The fraction of sp³-hybridized carbons (Fsp3) is 0.750. The Morgan fingerprint density at radius 1 is 1.28 bits per heavy atom. The third-order valence-corrected chi connectivity index (χ3v) is 5.98. The van der Waals surface area contributed by atoms with Crippen LogP contribution in [0.5, 0.6) is 0 Å². The summed E-state index contributed by atoms with van der Waals surface area (Å²) in [5, 5.41) is 34.4. The van der Waals surface area contributed by atoms with E-state index < -0.39 is 30.3 Å². The van der Waals surface area contributed by atoms with Crippen molar-refractivity contribution in [1.82, 2.24) is 9.78 Å². The van der Waals surface area contributed by atoms with Crippen LogP contribution in [0.2, 0.25) is 0 Å². The summed E-state index contributed by atoms with van der Waals surface area (Å²) in [6.45, 7) is 3.73. The average molecular weight is 410 g/mol. The van der Waals surface area contributed by atoms with Crippen molar-refractivity contribution in [2.75, 3.05) is 6.61 Å². The molecule has 0 unspecified atom stereocenters. The number of hydrogen-bond acceptors (Lipinski definition) is 8. The lowest BCUT2D eigenvalue weighted by Crippen LogP contribution is -2.51. The Morgan fingerprint density at radius 2 is 2.00 bits per heavy atom. The van der Waals surface area contributed by atoms with E-state index in [-0.39, 0.29) is 49.1 Å². The molecular weight excluding hydrogens is 380 g/mol. The summed E-state index contributed by atoms with van der Waals surface area (Å²) in [7, 11) is 1.69. The first-order valence-electron chi connectivity index (χ1n) is 10.0. The third-order valence-electron chi connectivity index (χ3n) is 5.98. The van der Waals surface area contributed by atoms with Gasteiger partial charge in [-0.3, -0.25) is 14.3 Å². The SMILES string of the molecule is C[C@H]([C@@H]1O[C@H]1C[C@@H]1OC[C@H](CC(=O)CC(=O)c2cnn(C)c2)[C@@H](O)[C@H]1O)[C@H](C)O. The van der Waals surface area contributed by atoms with Crippen LogP contribution in [0.1, 0.15) is 43.5 Å². The predicted molar refractivity (Wildman–Crippen MR) is 101 cm³/mol. The largest absolute Gasteiger partial charge is 0.393 e. The van der Waals surface area contributed by atoms with Crippen LogP contribution in [0.25, 0.3) is 0 Å². The summed E-state index contributed by atoms with van der Waals surface area (Å²) < 4.78 is 12.8. The molecule has 2 saturated heterocycles. The second-order valence-electron chi connectivity index (χ2n) is 8.33. The molecule has 0 aromatic carbocycles. The highest BCUT2D eigenvalue weighted by Gasteiger charge is 2.48. The number of hydrogen-bond donors (Lipinski definition) is 3.